The molecule has 1 aliphatic heterocycles. The highest BCUT2D eigenvalue weighted by Gasteiger charge is 2.24. The maximum Gasteiger partial charge on any atom is 0.190 e. The number of allylic oxidation sites excluding steroid dienone is 1. The third-order valence-corrected chi connectivity index (χ3v) is 3.64. The van der Waals surface area contributed by atoms with Crippen LogP contribution in [0.2, 0.25) is 0 Å². The third-order valence-electron chi connectivity index (χ3n) is 3.64. The van der Waals surface area contributed by atoms with E-state index in [1.165, 1.54) is 0 Å². The first-order valence-corrected chi connectivity index (χ1v) is 9.35. The molecule has 1 aliphatic rings. The molecule has 0 bridgehead atoms. The predicted molar refractivity (Wildman–Crippen MR) is 105 cm³/mol. The Labute approximate surface area is 152 Å². The molecule has 7 heteroatoms. The van der Waals surface area contributed by atoms with Gasteiger partial charge in [0.2, 0.25) is 0 Å². The first-order valence-electron chi connectivity index (χ1n) is 9.35. The van der Waals surface area contributed by atoms with Gasteiger partial charge in [0.05, 0.1) is 6.54 Å². The SMILES string of the molecule is CCCN=C(N)NCCOC1=CC(N(CCC)CCC)=CC(C)(N)N1. The van der Waals surface area contributed by atoms with Crippen LogP contribution in [0.4, 0.5) is 0 Å². The average molecular weight is 353 g/mol. The maximum absolute atomic E-state index is 6.31. The molecule has 1 rings (SSSR count). The topological polar surface area (TPSA) is 101 Å². The summed E-state index contributed by atoms with van der Waals surface area (Å²) in [5.74, 6) is 1.14. The number of nitrogens with two attached hydrogens (primary N) is 2. The highest BCUT2D eigenvalue weighted by atomic mass is 16.5. The fourth-order valence-corrected chi connectivity index (χ4v) is 2.62. The van der Waals surface area contributed by atoms with Gasteiger partial charge in [-0.25, -0.2) is 0 Å². The van der Waals surface area contributed by atoms with Gasteiger partial charge in [-0.05, 0) is 32.3 Å². The van der Waals surface area contributed by atoms with Crippen LogP contribution in [0.25, 0.3) is 0 Å². The van der Waals surface area contributed by atoms with E-state index in [0.717, 1.165) is 44.6 Å². The summed E-state index contributed by atoms with van der Waals surface area (Å²) < 4.78 is 5.84. The van der Waals surface area contributed by atoms with Crippen molar-refractivity contribution in [2.45, 2.75) is 52.6 Å². The van der Waals surface area contributed by atoms with E-state index in [1.807, 2.05) is 13.0 Å². The average Bonchev–Trinajstić information content (AvgIpc) is 2.55. The lowest BCUT2D eigenvalue weighted by molar-refractivity contribution is 0.174. The molecule has 0 fully saturated rings. The smallest absolute Gasteiger partial charge is 0.190 e. The molecular formula is C18H36N6O. The van der Waals surface area contributed by atoms with E-state index in [-0.39, 0.29) is 0 Å². The molecule has 0 saturated carbocycles. The van der Waals surface area contributed by atoms with Gasteiger partial charge in [0.15, 0.2) is 11.8 Å². The number of guanidine groups is 1. The van der Waals surface area contributed by atoms with Crippen molar-refractivity contribution in [1.29, 1.82) is 0 Å². The monoisotopic (exact) mass is 352 g/mol. The van der Waals surface area contributed by atoms with Crippen molar-refractivity contribution in [2.75, 3.05) is 32.8 Å². The summed E-state index contributed by atoms with van der Waals surface area (Å²) in [6.45, 7) is 12.2. The predicted octanol–water partition coefficient (Wildman–Crippen LogP) is 1.44. The third kappa shape index (κ3) is 8.16. The van der Waals surface area contributed by atoms with Gasteiger partial charge in [-0.3, -0.25) is 4.99 Å². The van der Waals surface area contributed by atoms with Crippen LogP contribution in [0.15, 0.2) is 28.7 Å². The Morgan fingerprint density at radius 2 is 1.96 bits per heavy atom. The van der Waals surface area contributed by atoms with Gasteiger partial charge < -0.3 is 31.7 Å². The highest BCUT2D eigenvalue weighted by molar-refractivity contribution is 5.77. The minimum Gasteiger partial charge on any atom is -0.477 e. The standard InChI is InChI=1S/C18H36N6O/c1-5-8-21-17(19)22-9-12-25-16-13-15(14-18(4,20)23-16)24(10-6-2)11-7-3/h13-14,23H,5-12,20H2,1-4H3,(H3,19,21,22). The molecule has 0 amide bonds. The molecular weight excluding hydrogens is 316 g/mol. The molecule has 0 saturated heterocycles. The molecule has 0 aliphatic carbocycles. The van der Waals surface area contributed by atoms with E-state index >= 15 is 0 Å². The van der Waals surface area contributed by atoms with Crippen LogP contribution in [0.3, 0.4) is 0 Å². The lowest BCUT2D eigenvalue weighted by Gasteiger charge is -2.34. The Morgan fingerprint density at radius 3 is 2.56 bits per heavy atom. The van der Waals surface area contributed by atoms with Gasteiger partial charge in [0.1, 0.15) is 12.3 Å². The van der Waals surface area contributed by atoms with Gasteiger partial charge in [0, 0.05) is 31.4 Å². The zero-order valence-corrected chi connectivity index (χ0v) is 16.3. The van der Waals surface area contributed by atoms with Gasteiger partial charge in [-0.1, -0.05) is 20.8 Å². The van der Waals surface area contributed by atoms with Gasteiger partial charge in [0.25, 0.3) is 0 Å². The summed E-state index contributed by atoms with van der Waals surface area (Å²) in [5, 5.41) is 6.25. The highest BCUT2D eigenvalue weighted by Crippen LogP contribution is 2.19. The van der Waals surface area contributed by atoms with Crippen molar-refractivity contribution in [3.8, 4) is 0 Å². The van der Waals surface area contributed by atoms with Crippen LogP contribution in [-0.2, 0) is 4.74 Å². The first kappa shape index (κ1) is 21.2. The molecule has 144 valence electrons. The summed E-state index contributed by atoms with van der Waals surface area (Å²) in [7, 11) is 0. The number of ether oxygens (including phenoxy) is 1. The minimum absolute atomic E-state index is 0.456. The fourth-order valence-electron chi connectivity index (χ4n) is 2.62. The molecule has 1 heterocycles. The van der Waals surface area contributed by atoms with Crippen molar-refractivity contribution in [1.82, 2.24) is 15.5 Å². The van der Waals surface area contributed by atoms with Gasteiger partial charge in [-0.15, -0.1) is 0 Å². The van der Waals surface area contributed by atoms with Crippen LogP contribution in [0, 0.1) is 0 Å². The summed E-state index contributed by atoms with van der Waals surface area (Å²) in [5.41, 5.74) is 12.6. The van der Waals surface area contributed by atoms with Crippen LogP contribution >= 0.6 is 0 Å². The summed E-state index contributed by atoms with van der Waals surface area (Å²) in [4.78, 5) is 6.54. The van der Waals surface area contributed by atoms with Gasteiger partial charge >= 0.3 is 0 Å². The van der Waals surface area contributed by atoms with Crippen LogP contribution in [0.1, 0.15) is 47.0 Å². The quantitative estimate of drug-likeness (QED) is 0.255. The number of aliphatic imine (C=N–C) groups is 1. The van der Waals surface area contributed by atoms with Crippen LogP contribution < -0.4 is 22.1 Å². The van der Waals surface area contributed by atoms with Crippen molar-refractivity contribution >= 4 is 5.96 Å². The Bertz CT molecular complexity index is 478. The normalized spacial score (nSPS) is 20.4. The summed E-state index contributed by atoms with van der Waals surface area (Å²) in [6, 6.07) is 0. The van der Waals surface area contributed by atoms with Gasteiger partial charge in [-0.2, -0.15) is 0 Å². The largest absolute Gasteiger partial charge is 0.477 e. The van der Waals surface area contributed by atoms with E-state index in [2.05, 4.69) is 47.4 Å². The van der Waals surface area contributed by atoms with E-state index in [4.69, 9.17) is 16.2 Å². The molecule has 1 unspecified atom stereocenters. The van der Waals surface area contributed by atoms with Crippen molar-refractivity contribution in [3.63, 3.8) is 0 Å². The second-order valence-electron chi connectivity index (χ2n) is 6.51. The molecule has 7 nitrogen and oxygen atoms in total. The molecule has 0 radical (unpaired) electrons. The number of rotatable bonds is 11. The zero-order valence-electron chi connectivity index (χ0n) is 16.3. The van der Waals surface area contributed by atoms with Crippen molar-refractivity contribution in [3.05, 3.63) is 23.7 Å². The van der Waals surface area contributed by atoms with Crippen LogP contribution in [-0.4, -0.2) is 49.3 Å². The molecule has 1 atom stereocenters. The molecule has 0 aromatic rings. The minimum atomic E-state index is -0.631. The van der Waals surface area contributed by atoms with Crippen LogP contribution in [0.5, 0.6) is 0 Å². The molecule has 0 aromatic heterocycles. The van der Waals surface area contributed by atoms with Crippen molar-refractivity contribution in [2.24, 2.45) is 16.5 Å². The lowest BCUT2D eigenvalue weighted by Crippen LogP contribution is -2.51. The van der Waals surface area contributed by atoms with Crippen molar-refractivity contribution < 1.29 is 4.74 Å². The molecule has 6 N–H and O–H groups in total. The van der Waals surface area contributed by atoms with E-state index < -0.39 is 5.66 Å². The van der Waals surface area contributed by atoms with E-state index in [9.17, 15) is 0 Å². The Balaban J connectivity index is 2.62. The maximum atomic E-state index is 6.31. The second-order valence-corrected chi connectivity index (χ2v) is 6.51. The Morgan fingerprint density at radius 1 is 1.28 bits per heavy atom. The number of hydrogen-bond donors (Lipinski definition) is 4. The number of dihydropyridines is 1. The molecule has 25 heavy (non-hydrogen) atoms. The lowest BCUT2D eigenvalue weighted by atomic mass is 10.1. The summed E-state index contributed by atoms with van der Waals surface area (Å²) in [6.07, 6.45) is 7.24. The number of nitrogens with one attached hydrogen (secondary N) is 2. The Kier molecular flexibility index (Phi) is 9.20. The molecule has 0 aromatic carbocycles. The number of hydrogen-bond acceptors (Lipinski definition) is 5. The zero-order chi connectivity index (χ0) is 18.7. The van der Waals surface area contributed by atoms with E-state index in [1.54, 1.807) is 0 Å². The summed E-state index contributed by atoms with van der Waals surface area (Å²) >= 11 is 0. The Hall–Kier alpha value is -1.89. The fraction of sp³-hybridized carbons (Fsp3) is 0.722. The van der Waals surface area contributed by atoms with E-state index in [0.29, 0.717) is 25.0 Å². The second kappa shape index (κ2) is 10.9. The number of nitrogens with zero attached hydrogens (tertiary/aromatic N) is 2. The first-order chi connectivity index (χ1) is 11.9. The molecule has 0 spiro atoms.